The zero-order valence-corrected chi connectivity index (χ0v) is 10.9. The molecule has 0 amide bonds. The number of hydrogen-bond donors (Lipinski definition) is 2. The molecule has 3 heteroatoms. The molecule has 1 aliphatic carbocycles. The van der Waals surface area contributed by atoms with E-state index in [2.05, 4.69) is 39.4 Å². The predicted molar refractivity (Wildman–Crippen MR) is 69.2 cm³/mol. The summed E-state index contributed by atoms with van der Waals surface area (Å²) in [5, 5.41) is 12.9. The monoisotopic (exact) mass is 283 g/mol. The summed E-state index contributed by atoms with van der Waals surface area (Å²) >= 11 is 3.54. The van der Waals surface area contributed by atoms with Gasteiger partial charge in [0, 0.05) is 11.0 Å². The molecule has 1 saturated carbocycles. The lowest BCUT2D eigenvalue weighted by Gasteiger charge is -2.11. The maximum atomic E-state index is 9.42. The third-order valence-corrected chi connectivity index (χ3v) is 3.99. The second kappa shape index (κ2) is 5.80. The standard InChI is InChI=1S/C13H18BrNO/c14-13-4-2-1-3-11(13)9-15-8-10-5-6-12(16)7-10/h1-4,10,12,15-16H,5-9H2. The van der Waals surface area contributed by atoms with E-state index < -0.39 is 0 Å². The van der Waals surface area contributed by atoms with Crippen molar-refractivity contribution < 1.29 is 5.11 Å². The fourth-order valence-electron chi connectivity index (χ4n) is 2.29. The van der Waals surface area contributed by atoms with Crippen LogP contribution in [-0.2, 0) is 6.54 Å². The van der Waals surface area contributed by atoms with E-state index in [9.17, 15) is 5.11 Å². The molecule has 0 aromatic heterocycles. The minimum atomic E-state index is -0.0599. The Kier molecular flexibility index (Phi) is 4.38. The number of nitrogens with one attached hydrogen (secondary N) is 1. The Labute approximate surface area is 105 Å². The molecular formula is C13H18BrNO. The Morgan fingerprint density at radius 1 is 1.31 bits per heavy atom. The van der Waals surface area contributed by atoms with Gasteiger partial charge in [0.1, 0.15) is 0 Å². The molecule has 0 spiro atoms. The largest absolute Gasteiger partial charge is 0.393 e. The Morgan fingerprint density at radius 3 is 2.81 bits per heavy atom. The van der Waals surface area contributed by atoms with Gasteiger partial charge < -0.3 is 10.4 Å². The van der Waals surface area contributed by atoms with E-state index >= 15 is 0 Å². The van der Waals surface area contributed by atoms with Gasteiger partial charge in [0.25, 0.3) is 0 Å². The van der Waals surface area contributed by atoms with Gasteiger partial charge in [0.05, 0.1) is 6.10 Å². The third-order valence-electron chi connectivity index (χ3n) is 3.22. The van der Waals surface area contributed by atoms with Crippen LogP contribution in [-0.4, -0.2) is 17.8 Å². The normalized spacial score (nSPS) is 24.9. The van der Waals surface area contributed by atoms with Gasteiger partial charge in [-0.15, -0.1) is 0 Å². The van der Waals surface area contributed by atoms with Crippen LogP contribution < -0.4 is 5.32 Å². The van der Waals surface area contributed by atoms with Crippen LogP contribution in [0.2, 0.25) is 0 Å². The summed E-state index contributed by atoms with van der Waals surface area (Å²) in [7, 11) is 0. The van der Waals surface area contributed by atoms with Crippen molar-refractivity contribution in [2.75, 3.05) is 6.54 Å². The lowest BCUT2D eigenvalue weighted by Crippen LogP contribution is -2.21. The van der Waals surface area contributed by atoms with E-state index in [-0.39, 0.29) is 6.10 Å². The first kappa shape index (κ1) is 12.1. The van der Waals surface area contributed by atoms with Gasteiger partial charge in [-0.05, 0) is 43.4 Å². The molecule has 0 saturated heterocycles. The van der Waals surface area contributed by atoms with Gasteiger partial charge in [-0.25, -0.2) is 0 Å². The van der Waals surface area contributed by atoms with Gasteiger partial charge >= 0.3 is 0 Å². The van der Waals surface area contributed by atoms with E-state index in [0.717, 1.165) is 36.8 Å². The van der Waals surface area contributed by atoms with E-state index in [1.165, 1.54) is 5.56 Å². The van der Waals surface area contributed by atoms with Crippen molar-refractivity contribution >= 4 is 15.9 Å². The quantitative estimate of drug-likeness (QED) is 0.891. The summed E-state index contributed by atoms with van der Waals surface area (Å²) in [6.07, 6.45) is 3.03. The van der Waals surface area contributed by atoms with E-state index in [0.29, 0.717) is 5.92 Å². The lowest BCUT2D eigenvalue weighted by atomic mass is 10.1. The van der Waals surface area contributed by atoms with E-state index in [1.54, 1.807) is 0 Å². The number of rotatable bonds is 4. The third kappa shape index (κ3) is 3.30. The molecule has 0 bridgehead atoms. The molecule has 16 heavy (non-hydrogen) atoms. The van der Waals surface area contributed by atoms with Crippen LogP contribution >= 0.6 is 15.9 Å². The molecule has 2 atom stereocenters. The van der Waals surface area contributed by atoms with Crippen LogP contribution in [0.25, 0.3) is 0 Å². The minimum Gasteiger partial charge on any atom is -0.393 e. The molecule has 2 unspecified atom stereocenters. The summed E-state index contributed by atoms with van der Waals surface area (Å²) in [6.45, 7) is 1.91. The van der Waals surface area contributed by atoms with Crippen molar-refractivity contribution in [2.24, 2.45) is 5.92 Å². The minimum absolute atomic E-state index is 0.0599. The van der Waals surface area contributed by atoms with Crippen LogP contribution in [0.4, 0.5) is 0 Å². The number of halogens is 1. The Bertz CT molecular complexity index is 342. The fourth-order valence-corrected chi connectivity index (χ4v) is 2.71. The highest BCUT2D eigenvalue weighted by molar-refractivity contribution is 9.10. The highest BCUT2D eigenvalue weighted by atomic mass is 79.9. The Balaban J connectivity index is 1.74. The van der Waals surface area contributed by atoms with Gasteiger partial charge in [-0.1, -0.05) is 34.1 Å². The van der Waals surface area contributed by atoms with Gasteiger partial charge in [0.15, 0.2) is 0 Å². The summed E-state index contributed by atoms with van der Waals surface area (Å²) in [4.78, 5) is 0. The average Bonchev–Trinajstić information content (AvgIpc) is 2.67. The van der Waals surface area contributed by atoms with Crippen molar-refractivity contribution in [1.29, 1.82) is 0 Å². The molecule has 0 heterocycles. The summed E-state index contributed by atoms with van der Waals surface area (Å²) in [6, 6.07) is 8.28. The van der Waals surface area contributed by atoms with Crippen LogP contribution in [0.15, 0.2) is 28.7 Å². The molecule has 2 nitrogen and oxygen atoms in total. The molecular weight excluding hydrogens is 266 g/mol. The summed E-state index contributed by atoms with van der Waals surface area (Å²) in [5.74, 6) is 0.650. The highest BCUT2D eigenvalue weighted by Crippen LogP contribution is 2.24. The zero-order valence-electron chi connectivity index (χ0n) is 9.32. The summed E-state index contributed by atoms with van der Waals surface area (Å²) in [5.41, 5.74) is 1.29. The maximum absolute atomic E-state index is 9.42. The van der Waals surface area contributed by atoms with Gasteiger partial charge in [-0.3, -0.25) is 0 Å². The fraction of sp³-hybridized carbons (Fsp3) is 0.538. The number of aliphatic hydroxyl groups excluding tert-OH is 1. The molecule has 1 fully saturated rings. The number of aliphatic hydroxyl groups is 1. The van der Waals surface area contributed by atoms with Crippen molar-refractivity contribution in [3.63, 3.8) is 0 Å². The van der Waals surface area contributed by atoms with E-state index in [1.807, 2.05) is 6.07 Å². The molecule has 1 aliphatic rings. The van der Waals surface area contributed by atoms with Crippen LogP contribution in [0.3, 0.4) is 0 Å². The maximum Gasteiger partial charge on any atom is 0.0543 e. The second-order valence-electron chi connectivity index (χ2n) is 4.56. The summed E-state index contributed by atoms with van der Waals surface area (Å²) < 4.78 is 1.16. The second-order valence-corrected chi connectivity index (χ2v) is 5.41. The molecule has 0 radical (unpaired) electrons. The van der Waals surface area contributed by atoms with Gasteiger partial charge in [0.2, 0.25) is 0 Å². The lowest BCUT2D eigenvalue weighted by molar-refractivity contribution is 0.177. The first-order chi connectivity index (χ1) is 7.75. The van der Waals surface area contributed by atoms with E-state index in [4.69, 9.17) is 0 Å². The molecule has 2 rings (SSSR count). The van der Waals surface area contributed by atoms with Crippen molar-refractivity contribution in [2.45, 2.75) is 31.9 Å². The number of hydrogen-bond acceptors (Lipinski definition) is 2. The van der Waals surface area contributed by atoms with Crippen molar-refractivity contribution in [3.05, 3.63) is 34.3 Å². The Hall–Kier alpha value is -0.380. The SMILES string of the molecule is OC1CCC(CNCc2ccccc2Br)C1. The Morgan fingerprint density at radius 2 is 2.12 bits per heavy atom. The smallest absolute Gasteiger partial charge is 0.0543 e. The van der Waals surface area contributed by atoms with Crippen molar-refractivity contribution in [3.8, 4) is 0 Å². The highest BCUT2D eigenvalue weighted by Gasteiger charge is 2.21. The average molecular weight is 284 g/mol. The number of benzene rings is 1. The van der Waals surface area contributed by atoms with Crippen LogP contribution in [0.1, 0.15) is 24.8 Å². The molecule has 1 aromatic rings. The molecule has 88 valence electrons. The van der Waals surface area contributed by atoms with Crippen LogP contribution in [0.5, 0.6) is 0 Å². The van der Waals surface area contributed by atoms with Crippen LogP contribution in [0, 0.1) is 5.92 Å². The zero-order chi connectivity index (χ0) is 11.4. The van der Waals surface area contributed by atoms with Crippen molar-refractivity contribution in [1.82, 2.24) is 5.32 Å². The molecule has 0 aliphatic heterocycles. The molecule has 2 N–H and O–H groups in total. The predicted octanol–water partition coefficient (Wildman–Crippen LogP) is 2.70. The first-order valence-electron chi connectivity index (χ1n) is 5.88. The van der Waals surface area contributed by atoms with Gasteiger partial charge in [-0.2, -0.15) is 0 Å². The topological polar surface area (TPSA) is 32.3 Å². The first-order valence-corrected chi connectivity index (χ1v) is 6.67. The molecule has 1 aromatic carbocycles.